The summed E-state index contributed by atoms with van der Waals surface area (Å²) >= 11 is 0. The van der Waals surface area contributed by atoms with Crippen molar-refractivity contribution in [3.8, 4) is 5.75 Å². The van der Waals surface area contributed by atoms with Crippen LogP contribution in [0.3, 0.4) is 0 Å². The van der Waals surface area contributed by atoms with Gasteiger partial charge in [-0.3, -0.25) is 9.69 Å². The highest BCUT2D eigenvalue weighted by Gasteiger charge is 2.52. The van der Waals surface area contributed by atoms with Crippen LogP contribution in [0.2, 0.25) is 0 Å². The van der Waals surface area contributed by atoms with Crippen molar-refractivity contribution in [2.24, 2.45) is 5.92 Å². The third-order valence-electron chi connectivity index (χ3n) is 7.10. The average molecular weight is 421 g/mol. The number of likely N-dealkylation sites (tertiary alicyclic amines) is 1. The molecule has 1 aliphatic heterocycles. The number of hydrogen-bond acceptors (Lipinski definition) is 4. The zero-order chi connectivity index (χ0) is 21.8. The minimum atomic E-state index is -0.163. The van der Waals surface area contributed by atoms with Crippen LogP contribution in [0.1, 0.15) is 35.2 Å². The van der Waals surface area contributed by atoms with E-state index in [9.17, 15) is 9.90 Å². The molecule has 0 aromatic heterocycles. The fourth-order valence-electron chi connectivity index (χ4n) is 5.65. The van der Waals surface area contributed by atoms with Gasteiger partial charge in [-0.25, -0.2) is 0 Å². The molecular formula is C26H32N2O3. The van der Waals surface area contributed by atoms with E-state index in [2.05, 4.69) is 22.9 Å². The van der Waals surface area contributed by atoms with Gasteiger partial charge < -0.3 is 15.2 Å². The van der Waals surface area contributed by atoms with E-state index < -0.39 is 0 Å². The van der Waals surface area contributed by atoms with Crippen LogP contribution in [0.5, 0.6) is 5.75 Å². The fraction of sp³-hybridized carbons (Fsp3) is 0.423. The van der Waals surface area contributed by atoms with Crippen molar-refractivity contribution in [1.29, 1.82) is 0 Å². The van der Waals surface area contributed by atoms with E-state index in [1.165, 1.54) is 0 Å². The number of carbonyl (C=O) groups excluding carboxylic acids is 1. The van der Waals surface area contributed by atoms with Crippen LogP contribution < -0.4 is 5.32 Å². The molecule has 2 aromatic rings. The van der Waals surface area contributed by atoms with Gasteiger partial charge in [0.15, 0.2) is 0 Å². The summed E-state index contributed by atoms with van der Waals surface area (Å²) in [6.45, 7) is 6.63. The van der Waals surface area contributed by atoms with Crippen LogP contribution in [0.4, 0.5) is 0 Å². The van der Waals surface area contributed by atoms with Crippen molar-refractivity contribution in [2.75, 3.05) is 26.7 Å². The maximum Gasteiger partial charge on any atom is 0.251 e. The summed E-state index contributed by atoms with van der Waals surface area (Å²) in [6, 6.07) is 17.0. The Morgan fingerprint density at radius 1 is 1.29 bits per heavy atom. The summed E-state index contributed by atoms with van der Waals surface area (Å²) in [5.41, 5.74) is 1.64. The van der Waals surface area contributed by atoms with Crippen LogP contribution in [0.15, 0.2) is 67.3 Å². The lowest BCUT2D eigenvalue weighted by atomic mass is 9.57. The van der Waals surface area contributed by atoms with E-state index in [1.807, 2.05) is 48.5 Å². The van der Waals surface area contributed by atoms with Gasteiger partial charge in [0.25, 0.3) is 5.91 Å². The van der Waals surface area contributed by atoms with Gasteiger partial charge in [-0.05, 0) is 55.6 Å². The van der Waals surface area contributed by atoms with Crippen molar-refractivity contribution in [2.45, 2.75) is 36.8 Å². The Morgan fingerprint density at radius 2 is 2.10 bits per heavy atom. The van der Waals surface area contributed by atoms with E-state index in [-0.39, 0.29) is 35.1 Å². The summed E-state index contributed by atoms with van der Waals surface area (Å²) in [4.78, 5) is 15.3. The zero-order valence-corrected chi connectivity index (χ0v) is 18.2. The van der Waals surface area contributed by atoms with Gasteiger partial charge in [-0.1, -0.05) is 36.4 Å². The lowest BCUT2D eigenvalue weighted by Crippen LogP contribution is -2.61. The number of nitrogens with zero attached hydrogens (tertiary/aromatic N) is 1. The first-order chi connectivity index (χ1) is 15.1. The summed E-state index contributed by atoms with van der Waals surface area (Å²) in [6.07, 6.45) is 4.54. The summed E-state index contributed by atoms with van der Waals surface area (Å²) in [5.74, 6) is 0.510. The first kappa shape index (κ1) is 21.6. The van der Waals surface area contributed by atoms with E-state index in [0.717, 1.165) is 44.5 Å². The maximum atomic E-state index is 12.9. The standard InChI is InChI=1S/C26H32N2O3/c1-3-13-28-14-12-26(20-10-7-11-22(29)15-20)17-21(16-24(31-2)23(26)18-28)27-25(30)19-8-5-4-6-9-19/h3-11,15,21,23-24,29H,1,12-14,16-18H2,2H3,(H,27,30)/t21-,23?,24?,26?/m0/s1. The highest BCUT2D eigenvalue weighted by atomic mass is 16.5. The smallest absolute Gasteiger partial charge is 0.251 e. The number of phenolic OH excluding ortho intramolecular Hbond substituents is 1. The number of nitrogens with one attached hydrogen (secondary N) is 1. The second-order valence-electron chi connectivity index (χ2n) is 8.86. The zero-order valence-electron chi connectivity index (χ0n) is 18.2. The van der Waals surface area contributed by atoms with Crippen molar-refractivity contribution in [3.05, 3.63) is 78.4 Å². The third kappa shape index (κ3) is 4.39. The van der Waals surface area contributed by atoms with Crippen molar-refractivity contribution < 1.29 is 14.6 Å². The van der Waals surface area contributed by atoms with Crippen molar-refractivity contribution in [1.82, 2.24) is 10.2 Å². The highest BCUT2D eigenvalue weighted by molar-refractivity contribution is 5.94. The number of amides is 1. The van der Waals surface area contributed by atoms with E-state index >= 15 is 0 Å². The fourth-order valence-corrected chi connectivity index (χ4v) is 5.65. The second kappa shape index (κ2) is 9.25. The molecule has 0 radical (unpaired) electrons. The summed E-state index contributed by atoms with van der Waals surface area (Å²) in [5, 5.41) is 13.5. The van der Waals surface area contributed by atoms with Gasteiger partial charge in [0, 0.05) is 43.1 Å². The number of fused-ring (bicyclic) bond motifs is 1. The first-order valence-corrected chi connectivity index (χ1v) is 11.1. The van der Waals surface area contributed by atoms with E-state index in [1.54, 1.807) is 13.2 Å². The van der Waals surface area contributed by atoms with Gasteiger partial charge in [-0.2, -0.15) is 0 Å². The Kier molecular flexibility index (Phi) is 6.44. The summed E-state index contributed by atoms with van der Waals surface area (Å²) < 4.78 is 6.02. The maximum absolute atomic E-state index is 12.9. The normalized spacial score (nSPS) is 28.5. The van der Waals surface area contributed by atoms with Gasteiger partial charge in [0.2, 0.25) is 0 Å². The number of piperidine rings is 1. The number of aromatic hydroxyl groups is 1. The van der Waals surface area contributed by atoms with Gasteiger partial charge >= 0.3 is 0 Å². The lowest BCUT2D eigenvalue weighted by Gasteiger charge is -2.55. The topological polar surface area (TPSA) is 61.8 Å². The molecule has 1 saturated heterocycles. The molecule has 164 valence electrons. The van der Waals surface area contributed by atoms with Crippen LogP contribution in [-0.4, -0.2) is 54.8 Å². The molecule has 31 heavy (non-hydrogen) atoms. The number of hydrogen-bond donors (Lipinski definition) is 2. The first-order valence-electron chi connectivity index (χ1n) is 11.1. The minimum absolute atomic E-state index is 0.00205. The molecule has 1 heterocycles. The second-order valence-corrected chi connectivity index (χ2v) is 8.86. The number of phenols is 1. The molecule has 1 aliphatic carbocycles. The number of rotatable bonds is 6. The molecule has 4 rings (SSSR count). The molecule has 2 N–H and O–H groups in total. The number of benzene rings is 2. The van der Waals surface area contributed by atoms with Gasteiger partial charge in [0.1, 0.15) is 5.75 Å². The molecule has 1 amide bonds. The summed E-state index contributed by atoms with van der Waals surface area (Å²) in [7, 11) is 1.77. The molecular weight excluding hydrogens is 388 g/mol. The van der Waals surface area contributed by atoms with Crippen molar-refractivity contribution in [3.63, 3.8) is 0 Å². The molecule has 0 bridgehead atoms. The van der Waals surface area contributed by atoms with Gasteiger partial charge in [-0.15, -0.1) is 6.58 Å². The minimum Gasteiger partial charge on any atom is -0.508 e. The lowest BCUT2D eigenvalue weighted by molar-refractivity contribution is -0.0653. The molecule has 0 spiro atoms. The van der Waals surface area contributed by atoms with Crippen LogP contribution in [0.25, 0.3) is 0 Å². The predicted molar refractivity (Wildman–Crippen MR) is 122 cm³/mol. The largest absolute Gasteiger partial charge is 0.508 e. The number of methoxy groups -OCH3 is 1. The number of ether oxygens (including phenoxy) is 1. The van der Waals surface area contributed by atoms with Crippen molar-refractivity contribution >= 4 is 5.91 Å². The van der Waals surface area contributed by atoms with Gasteiger partial charge in [0.05, 0.1) is 6.10 Å². The predicted octanol–water partition coefficient (Wildman–Crippen LogP) is 3.75. The van der Waals surface area contributed by atoms with Crippen LogP contribution in [0, 0.1) is 5.92 Å². The molecule has 1 saturated carbocycles. The third-order valence-corrected chi connectivity index (χ3v) is 7.10. The molecule has 2 aliphatic rings. The highest BCUT2D eigenvalue weighted by Crippen LogP contribution is 2.50. The molecule has 3 unspecified atom stereocenters. The Labute approximate surface area is 184 Å². The Balaban J connectivity index is 1.66. The quantitative estimate of drug-likeness (QED) is 0.699. The molecule has 5 heteroatoms. The Morgan fingerprint density at radius 3 is 2.81 bits per heavy atom. The Hall–Kier alpha value is -2.63. The molecule has 2 fully saturated rings. The molecule has 4 atom stereocenters. The molecule has 2 aromatic carbocycles. The number of carbonyl (C=O) groups is 1. The van der Waals surface area contributed by atoms with Crippen LogP contribution in [-0.2, 0) is 10.2 Å². The van der Waals surface area contributed by atoms with E-state index in [0.29, 0.717) is 5.56 Å². The Bertz CT molecular complexity index is 916. The molecule has 5 nitrogen and oxygen atoms in total. The SMILES string of the molecule is C=CCN1CCC2(c3cccc(O)c3)C[C@@H](NC(=O)c3ccccc3)CC(OC)C2C1. The van der Waals surface area contributed by atoms with Crippen LogP contribution >= 0.6 is 0 Å². The van der Waals surface area contributed by atoms with E-state index in [4.69, 9.17) is 4.74 Å². The average Bonchev–Trinajstić information content (AvgIpc) is 2.79. The monoisotopic (exact) mass is 420 g/mol.